The summed E-state index contributed by atoms with van der Waals surface area (Å²) >= 11 is 0. The van der Waals surface area contributed by atoms with Crippen LogP contribution < -0.4 is 16.2 Å². The Morgan fingerprint density at radius 1 is 1.43 bits per heavy atom. The lowest BCUT2D eigenvalue weighted by molar-refractivity contribution is 0.299. The first-order valence-corrected chi connectivity index (χ1v) is 8.14. The van der Waals surface area contributed by atoms with E-state index in [2.05, 4.69) is 16.8 Å². The van der Waals surface area contributed by atoms with Gasteiger partial charge in [0.2, 0.25) is 0 Å². The van der Waals surface area contributed by atoms with Gasteiger partial charge in [-0.2, -0.15) is 0 Å². The third-order valence-corrected chi connectivity index (χ3v) is 4.59. The van der Waals surface area contributed by atoms with E-state index < -0.39 is 0 Å². The highest BCUT2D eigenvalue weighted by Gasteiger charge is 2.30. The van der Waals surface area contributed by atoms with Crippen LogP contribution in [-0.4, -0.2) is 28.7 Å². The van der Waals surface area contributed by atoms with Gasteiger partial charge in [0, 0.05) is 31.0 Å². The number of hydrogen-bond donors (Lipinski definition) is 1. The Morgan fingerprint density at radius 2 is 2.14 bits per heavy atom. The minimum absolute atomic E-state index is 0.00990. The van der Waals surface area contributed by atoms with E-state index in [-0.39, 0.29) is 11.6 Å². The lowest BCUT2D eigenvalue weighted by atomic mass is 9.83. The lowest BCUT2D eigenvalue weighted by Gasteiger charge is -2.39. The Labute approximate surface area is 127 Å². The van der Waals surface area contributed by atoms with Crippen molar-refractivity contribution in [1.29, 1.82) is 0 Å². The third kappa shape index (κ3) is 3.28. The Bertz CT molecular complexity index is 511. The summed E-state index contributed by atoms with van der Waals surface area (Å²) in [4.78, 5) is 19.2. The van der Waals surface area contributed by atoms with E-state index in [1.807, 2.05) is 13.8 Å². The number of rotatable bonds is 5. The van der Waals surface area contributed by atoms with Crippen molar-refractivity contribution in [2.45, 2.75) is 58.5 Å². The molecule has 1 heterocycles. The van der Waals surface area contributed by atoms with E-state index >= 15 is 0 Å². The molecule has 2 rings (SSSR count). The van der Waals surface area contributed by atoms with E-state index in [9.17, 15) is 4.79 Å². The summed E-state index contributed by atoms with van der Waals surface area (Å²) in [7, 11) is 0. The van der Waals surface area contributed by atoms with Crippen molar-refractivity contribution in [3.8, 4) is 0 Å². The van der Waals surface area contributed by atoms with E-state index in [0.717, 1.165) is 19.4 Å². The van der Waals surface area contributed by atoms with Gasteiger partial charge < -0.3 is 15.2 Å². The van der Waals surface area contributed by atoms with Gasteiger partial charge in [0.05, 0.1) is 0 Å². The van der Waals surface area contributed by atoms with Crippen LogP contribution in [0.5, 0.6) is 0 Å². The Balaban J connectivity index is 2.37. The standard InChI is InChI=1S/C16H28N4O/c1-4-19(14-8-6-5-7-13(14)11-17)15-16(21)20(12(2)3)10-9-18-15/h9-10,12-14H,4-8,11,17H2,1-3H3. The van der Waals surface area contributed by atoms with Crippen molar-refractivity contribution < 1.29 is 0 Å². The maximum absolute atomic E-state index is 12.7. The number of nitrogens with two attached hydrogens (primary N) is 1. The monoisotopic (exact) mass is 292 g/mol. The molecule has 1 aromatic heterocycles. The van der Waals surface area contributed by atoms with Crippen molar-refractivity contribution in [3.63, 3.8) is 0 Å². The number of aromatic nitrogens is 2. The Kier molecular flexibility index (Phi) is 5.39. The summed E-state index contributed by atoms with van der Waals surface area (Å²) in [5.74, 6) is 1.05. The van der Waals surface area contributed by atoms with Crippen LogP contribution in [0.25, 0.3) is 0 Å². The van der Waals surface area contributed by atoms with Crippen LogP contribution in [0.2, 0.25) is 0 Å². The molecule has 0 radical (unpaired) electrons. The average Bonchev–Trinajstić information content (AvgIpc) is 2.49. The number of hydrogen-bond acceptors (Lipinski definition) is 4. The molecule has 2 atom stereocenters. The maximum atomic E-state index is 12.7. The number of nitrogens with zero attached hydrogens (tertiary/aromatic N) is 3. The molecule has 2 unspecified atom stereocenters. The predicted octanol–water partition coefficient (Wildman–Crippen LogP) is 2.17. The predicted molar refractivity (Wildman–Crippen MR) is 86.7 cm³/mol. The normalized spacial score (nSPS) is 22.5. The highest BCUT2D eigenvalue weighted by molar-refractivity contribution is 5.37. The molecule has 2 N–H and O–H groups in total. The lowest BCUT2D eigenvalue weighted by Crippen LogP contribution is -2.48. The first-order valence-electron chi connectivity index (χ1n) is 8.14. The fourth-order valence-corrected chi connectivity index (χ4v) is 3.43. The highest BCUT2D eigenvalue weighted by Crippen LogP contribution is 2.29. The van der Waals surface area contributed by atoms with Gasteiger partial charge in [-0.05, 0) is 46.1 Å². The largest absolute Gasteiger partial charge is 0.349 e. The molecule has 1 fully saturated rings. The molecule has 1 saturated carbocycles. The van der Waals surface area contributed by atoms with Gasteiger partial charge in [-0.3, -0.25) is 4.79 Å². The summed E-state index contributed by atoms with van der Waals surface area (Å²) in [6, 6.07) is 0.492. The zero-order chi connectivity index (χ0) is 15.4. The second-order valence-electron chi connectivity index (χ2n) is 6.19. The topological polar surface area (TPSA) is 64.2 Å². The third-order valence-electron chi connectivity index (χ3n) is 4.59. The Morgan fingerprint density at radius 3 is 2.76 bits per heavy atom. The summed E-state index contributed by atoms with van der Waals surface area (Å²) in [6.45, 7) is 7.61. The van der Waals surface area contributed by atoms with Crippen molar-refractivity contribution in [2.75, 3.05) is 18.0 Å². The smallest absolute Gasteiger partial charge is 0.293 e. The maximum Gasteiger partial charge on any atom is 0.293 e. The van der Waals surface area contributed by atoms with Gasteiger partial charge in [-0.15, -0.1) is 0 Å². The van der Waals surface area contributed by atoms with E-state index in [4.69, 9.17) is 5.73 Å². The number of anilines is 1. The zero-order valence-corrected chi connectivity index (χ0v) is 13.5. The van der Waals surface area contributed by atoms with Crippen LogP contribution in [0.1, 0.15) is 52.5 Å². The molecule has 0 aromatic carbocycles. The fourth-order valence-electron chi connectivity index (χ4n) is 3.43. The summed E-state index contributed by atoms with van der Waals surface area (Å²) in [6.07, 6.45) is 8.22. The minimum atomic E-state index is 0.00990. The second-order valence-corrected chi connectivity index (χ2v) is 6.19. The molecule has 1 aliphatic carbocycles. The molecule has 0 amide bonds. The molecule has 5 nitrogen and oxygen atoms in total. The second kappa shape index (κ2) is 7.07. The Hall–Kier alpha value is -1.36. The van der Waals surface area contributed by atoms with Gasteiger partial charge in [-0.1, -0.05) is 12.8 Å². The molecule has 0 aliphatic heterocycles. The van der Waals surface area contributed by atoms with Crippen molar-refractivity contribution in [3.05, 3.63) is 22.7 Å². The van der Waals surface area contributed by atoms with Gasteiger partial charge in [0.25, 0.3) is 5.56 Å². The molecule has 0 spiro atoms. The molecule has 1 aliphatic rings. The summed E-state index contributed by atoms with van der Waals surface area (Å²) in [5.41, 5.74) is 5.96. The van der Waals surface area contributed by atoms with Crippen molar-refractivity contribution >= 4 is 5.82 Å². The van der Waals surface area contributed by atoms with Crippen molar-refractivity contribution in [2.24, 2.45) is 11.7 Å². The van der Waals surface area contributed by atoms with Gasteiger partial charge in [-0.25, -0.2) is 4.98 Å². The molecule has 5 heteroatoms. The molecule has 0 saturated heterocycles. The van der Waals surface area contributed by atoms with Crippen LogP contribution >= 0.6 is 0 Å². The van der Waals surface area contributed by atoms with E-state index in [1.54, 1.807) is 17.0 Å². The summed E-state index contributed by atoms with van der Waals surface area (Å²) in [5, 5.41) is 0. The van der Waals surface area contributed by atoms with Crippen molar-refractivity contribution in [1.82, 2.24) is 9.55 Å². The van der Waals surface area contributed by atoms with Crippen LogP contribution in [0, 0.1) is 5.92 Å². The first kappa shape index (κ1) is 16.0. The van der Waals surface area contributed by atoms with Gasteiger partial charge >= 0.3 is 0 Å². The van der Waals surface area contributed by atoms with Crippen LogP contribution in [0.15, 0.2) is 17.2 Å². The SMILES string of the molecule is CCN(c1nccn(C(C)C)c1=O)C1CCCCC1CN. The molecular weight excluding hydrogens is 264 g/mol. The molecule has 21 heavy (non-hydrogen) atoms. The van der Waals surface area contributed by atoms with Gasteiger partial charge in [0.1, 0.15) is 0 Å². The summed E-state index contributed by atoms with van der Waals surface area (Å²) < 4.78 is 1.76. The van der Waals surface area contributed by atoms with Crippen LogP contribution in [0.3, 0.4) is 0 Å². The molecule has 1 aromatic rings. The highest BCUT2D eigenvalue weighted by atomic mass is 16.1. The van der Waals surface area contributed by atoms with Crippen LogP contribution in [-0.2, 0) is 0 Å². The molecule has 118 valence electrons. The molecular formula is C16H28N4O. The quantitative estimate of drug-likeness (QED) is 0.903. The van der Waals surface area contributed by atoms with E-state index in [1.165, 1.54) is 12.8 Å². The van der Waals surface area contributed by atoms with Crippen LogP contribution in [0.4, 0.5) is 5.82 Å². The zero-order valence-electron chi connectivity index (χ0n) is 13.5. The average molecular weight is 292 g/mol. The fraction of sp³-hybridized carbons (Fsp3) is 0.750. The minimum Gasteiger partial charge on any atom is -0.349 e. The first-order chi connectivity index (χ1) is 10.1. The van der Waals surface area contributed by atoms with E-state index in [0.29, 0.717) is 24.3 Å². The van der Waals surface area contributed by atoms with Gasteiger partial charge in [0.15, 0.2) is 5.82 Å². The molecule has 0 bridgehead atoms.